The average Bonchev–Trinajstić information content (AvgIpc) is 2.45. The Morgan fingerprint density at radius 1 is 1.25 bits per heavy atom. The highest BCUT2D eigenvalue weighted by atomic mass is 19.1. The third kappa shape index (κ3) is 4.10. The lowest BCUT2D eigenvalue weighted by atomic mass is 9.93. The Morgan fingerprint density at radius 2 is 1.92 bits per heavy atom. The number of carbonyl (C=O) groups excluding carboxylic acids is 1. The van der Waals surface area contributed by atoms with E-state index in [4.69, 9.17) is 4.74 Å². The van der Waals surface area contributed by atoms with Crippen molar-refractivity contribution in [2.24, 2.45) is 0 Å². The third-order valence-corrected chi connectivity index (χ3v) is 3.51. The van der Waals surface area contributed by atoms with Crippen molar-refractivity contribution in [1.29, 1.82) is 0 Å². The van der Waals surface area contributed by atoms with E-state index in [2.05, 4.69) is 0 Å². The molecule has 1 aromatic rings. The summed E-state index contributed by atoms with van der Waals surface area (Å²) in [4.78, 5) is 24.9. The van der Waals surface area contributed by atoms with Crippen LogP contribution in [0.3, 0.4) is 0 Å². The number of carbonyl (C=O) groups is 2. The number of nitrogens with zero attached hydrogens (tertiary/aromatic N) is 1. The quantitative estimate of drug-likeness (QED) is 0.896. The van der Waals surface area contributed by atoms with E-state index in [0.717, 1.165) is 6.07 Å². The zero-order valence-corrected chi connectivity index (χ0v) is 13.7. The molecule has 1 heterocycles. The second kappa shape index (κ2) is 6.59. The van der Waals surface area contributed by atoms with Crippen LogP contribution in [-0.2, 0) is 9.53 Å². The summed E-state index contributed by atoms with van der Waals surface area (Å²) in [5.41, 5.74) is -0.497. The van der Waals surface area contributed by atoms with E-state index in [9.17, 15) is 23.5 Å². The second-order valence-electron chi connectivity index (χ2n) is 6.54. The van der Waals surface area contributed by atoms with Gasteiger partial charge in [0.25, 0.3) is 0 Å². The lowest BCUT2D eigenvalue weighted by Crippen LogP contribution is -2.41. The van der Waals surface area contributed by atoms with Crippen LogP contribution < -0.4 is 0 Å². The third-order valence-electron chi connectivity index (χ3n) is 3.51. The van der Waals surface area contributed by atoms with Crippen LogP contribution in [0.4, 0.5) is 13.6 Å². The Balaban J connectivity index is 2.33. The van der Waals surface area contributed by atoms with Gasteiger partial charge in [-0.3, -0.25) is 0 Å². The first kappa shape index (κ1) is 17.9. The number of hydrogen-bond donors (Lipinski definition) is 1. The predicted octanol–water partition coefficient (Wildman–Crippen LogP) is 3.44. The molecule has 0 unspecified atom stereocenters. The van der Waals surface area contributed by atoms with Gasteiger partial charge in [0.1, 0.15) is 17.2 Å². The average molecular weight is 339 g/mol. The molecule has 1 aliphatic rings. The van der Waals surface area contributed by atoms with Gasteiger partial charge in [-0.25, -0.2) is 18.4 Å². The molecule has 0 saturated heterocycles. The van der Waals surface area contributed by atoms with Crippen molar-refractivity contribution < 1.29 is 28.2 Å². The van der Waals surface area contributed by atoms with Crippen molar-refractivity contribution >= 4 is 17.6 Å². The van der Waals surface area contributed by atoms with Crippen molar-refractivity contribution in [1.82, 2.24) is 4.90 Å². The van der Waals surface area contributed by atoms with Crippen LogP contribution in [0, 0.1) is 11.6 Å². The molecule has 1 aliphatic heterocycles. The minimum atomic E-state index is -1.25. The van der Waals surface area contributed by atoms with Gasteiger partial charge in [0, 0.05) is 18.2 Å². The zero-order chi connectivity index (χ0) is 18.1. The monoisotopic (exact) mass is 339 g/mol. The molecule has 0 radical (unpaired) electrons. The van der Waals surface area contributed by atoms with Gasteiger partial charge in [0.2, 0.25) is 0 Å². The fourth-order valence-corrected chi connectivity index (χ4v) is 2.47. The molecule has 0 atom stereocenters. The SMILES string of the molecule is CC(C)(C)OC(=O)N1CCC(c2ccc(F)cc2F)=C(C(=O)O)C1. The standard InChI is InChI=1S/C17H19F2NO4/c1-17(2,3)24-16(23)20-7-6-11(13(9-20)15(21)22)12-5-4-10(18)8-14(12)19/h4-5,8H,6-7,9H2,1-3H3,(H,21,22). The Bertz CT molecular complexity index is 707. The highest BCUT2D eigenvalue weighted by Gasteiger charge is 2.30. The highest BCUT2D eigenvalue weighted by molar-refractivity contribution is 5.98. The number of benzene rings is 1. The zero-order valence-electron chi connectivity index (χ0n) is 13.7. The molecule has 0 fully saturated rings. The molecule has 130 valence electrons. The summed E-state index contributed by atoms with van der Waals surface area (Å²) in [7, 11) is 0. The topological polar surface area (TPSA) is 66.8 Å². The summed E-state index contributed by atoms with van der Waals surface area (Å²) in [6.07, 6.45) is -0.483. The van der Waals surface area contributed by atoms with Crippen molar-refractivity contribution in [3.05, 3.63) is 41.0 Å². The highest BCUT2D eigenvalue weighted by Crippen LogP contribution is 2.30. The van der Waals surface area contributed by atoms with Gasteiger partial charge in [-0.15, -0.1) is 0 Å². The molecular formula is C17H19F2NO4. The fraction of sp³-hybridized carbons (Fsp3) is 0.412. The van der Waals surface area contributed by atoms with E-state index in [1.807, 2.05) is 0 Å². The number of hydrogen-bond acceptors (Lipinski definition) is 3. The summed E-state index contributed by atoms with van der Waals surface area (Å²) < 4.78 is 32.3. The number of amides is 1. The molecule has 0 bridgehead atoms. The van der Waals surface area contributed by atoms with E-state index in [-0.39, 0.29) is 36.2 Å². The first-order valence-electron chi connectivity index (χ1n) is 7.47. The summed E-state index contributed by atoms with van der Waals surface area (Å²) in [6.45, 7) is 5.13. The molecule has 24 heavy (non-hydrogen) atoms. The Labute approximate surface area is 138 Å². The van der Waals surface area contributed by atoms with E-state index < -0.39 is 29.3 Å². The summed E-state index contributed by atoms with van der Waals surface area (Å²) in [5.74, 6) is -2.81. The van der Waals surface area contributed by atoms with Crippen LogP contribution in [0.5, 0.6) is 0 Å². The number of ether oxygens (including phenoxy) is 1. The van der Waals surface area contributed by atoms with Crippen LogP contribution in [0.2, 0.25) is 0 Å². The molecule has 0 spiro atoms. The molecule has 0 saturated carbocycles. The number of halogens is 2. The molecule has 0 aromatic heterocycles. The van der Waals surface area contributed by atoms with Gasteiger partial charge in [-0.1, -0.05) is 0 Å². The van der Waals surface area contributed by atoms with E-state index >= 15 is 0 Å². The maximum Gasteiger partial charge on any atom is 0.410 e. The molecule has 2 rings (SSSR count). The minimum absolute atomic E-state index is 0.0395. The van der Waals surface area contributed by atoms with E-state index in [0.29, 0.717) is 6.07 Å². The lowest BCUT2D eigenvalue weighted by Gasteiger charge is -2.31. The molecule has 7 heteroatoms. The molecule has 5 nitrogen and oxygen atoms in total. The number of carboxylic acid groups (broad SMARTS) is 1. The number of carboxylic acids is 1. The molecule has 1 N–H and O–H groups in total. The van der Waals surface area contributed by atoms with Crippen LogP contribution in [-0.4, -0.2) is 40.8 Å². The van der Waals surface area contributed by atoms with Crippen LogP contribution in [0.25, 0.3) is 5.57 Å². The van der Waals surface area contributed by atoms with E-state index in [1.165, 1.54) is 11.0 Å². The van der Waals surface area contributed by atoms with Crippen molar-refractivity contribution in [3.63, 3.8) is 0 Å². The molecule has 0 aliphatic carbocycles. The van der Waals surface area contributed by atoms with Crippen molar-refractivity contribution in [2.75, 3.05) is 13.1 Å². The predicted molar refractivity (Wildman–Crippen MR) is 83.3 cm³/mol. The van der Waals surface area contributed by atoms with Crippen LogP contribution >= 0.6 is 0 Å². The van der Waals surface area contributed by atoms with Gasteiger partial charge in [-0.2, -0.15) is 0 Å². The number of aliphatic carboxylic acids is 1. The van der Waals surface area contributed by atoms with Gasteiger partial charge in [0.15, 0.2) is 0 Å². The molecule has 1 aromatic carbocycles. The molecule has 1 amide bonds. The van der Waals surface area contributed by atoms with Crippen LogP contribution in [0.15, 0.2) is 23.8 Å². The smallest absolute Gasteiger partial charge is 0.410 e. The van der Waals surface area contributed by atoms with Gasteiger partial charge in [-0.05, 0) is 44.9 Å². The van der Waals surface area contributed by atoms with Gasteiger partial charge in [0.05, 0.1) is 12.1 Å². The Morgan fingerprint density at radius 3 is 2.46 bits per heavy atom. The van der Waals surface area contributed by atoms with Crippen LogP contribution in [0.1, 0.15) is 32.8 Å². The lowest BCUT2D eigenvalue weighted by molar-refractivity contribution is -0.132. The Hall–Kier alpha value is -2.44. The summed E-state index contributed by atoms with van der Waals surface area (Å²) >= 11 is 0. The Kier molecular flexibility index (Phi) is 4.91. The normalized spacial score (nSPS) is 15.5. The maximum atomic E-state index is 14.0. The maximum absolute atomic E-state index is 14.0. The van der Waals surface area contributed by atoms with Crippen molar-refractivity contribution in [3.8, 4) is 0 Å². The first-order chi connectivity index (χ1) is 11.1. The summed E-state index contributed by atoms with van der Waals surface area (Å²) in [6, 6.07) is 3.00. The van der Waals surface area contributed by atoms with Crippen molar-refractivity contribution in [2.45, 2.75) is 32.8 Å². The fourth-order valence-electron chi connectivity index (χ4n) is 2.47. The van der Waals surface area contributed by atoms with Gasteiger partial charge < -0.3 is 14.7 Å². The first-order valence-corrected chi connectivity index (χ1v) is 7.47. The summed E-state index contributed by atoms with van der Waals surface area (Å²) in [5, 5.41) is 9.41. The van der Waals surface area contributed by atoms with E-state index in [1.54, 1.807) is 20.8 Å². The second-order valence-corrected chi connectivity index (χ2v) is 6.54. The van der Waals surface area contributed by atoms with Gasteiger partial charge >= 0.3 is 12.1 Å². The number of rotatable bonds is 2. The minimum Gasteiger partial charge on any atom is -0.478 e. The largest absolute Gasteiger partial charge is 0.478 e. The molecular weight excluding hydrogens is 320 g/mol.